The molecule has 0 atom stereocenters. The molecule has 15 heavy (non-hydrogen) atoms. The number of fused-ring (bicyclic) bond motifs is 1. The topological polar surface area (TPSA) is 65.7 Å². The molecule has 0 saturated heterocycles. The van der Waals surface area contributed by atoms with E-state index in [4.69, 9.17) is 0 Å². The molecule has 0 unspecified atom stereocenters. The minimum Gasteiger partial charge on any atom is -0.307 e. The van der Waals surface area contributed by atoms with Crippen molar-refractivity contribution < 1.29 is 8.78 Å². The Labute approximate surface area is 81.6 Å². The van der Waals surface area contributed by atoms with Crippen LogP contribution in [0.25, 0.3) is 10.9 Å². The molecule has 6 heteroatoms. The lowest BCUT2D eigenvalue weighted by atomic mass is 10.1. The Morgan fingerprint density at radius 3 is 2.53 bits per heavy atom. The van der Waals surface area contributed by atoms with Crippen LogP contribution in [0.4, 0.5) is 8.78 Å². The molecule has 4 nitrogen and oxygen atoms in total. The summed E-state index contributed by atoms with van der Waals surface area (Å²) in [6.07, 6.45) is -2.64. The van der Waals surface area contributed by atoms with Crippen molar-refractivity contribution >= 4 is 10.9 Å². The van der Waals surface area contributed by atoms with E-state index in [1.165, 1.54) is 12.1 Å². The third-order valence-electron chi connectivity index (χ3n) is 2.02. The fourth-order valence-electron chi connectivity index (χ4n) is 1.32. The molecule has 2 aromatic rings. The Kier molecular flexibility index (Phi) is 2.11. The smallest absolute Gasteiger partial charge is 0.307 e. The summed E-state index contributed by atoms with van der Waals surface area (Å²) in [5.74, 6) is 0. The maximum Gasteiger partial charge on any atom is 0.326 e. The van der Waals surface area contributed by atoms with Gasteiger partial charge in [-0.15, -0.1) is 0 Å². The Balaban J connectivity index is 2.83. The number of hydrogen-bond donors (Lipinski definition) is 2. The first-order chi connectivity index (χ1) is 7.08. The molecule has 0 spiro atoms. The zero-order valence-electron chi connectivity index (χ0n) is 7.38. The van der Waals surface area contributed by atoms with Gasteiger partial charge in [-0.25, -0.2) is 13.6 Å². The van der Waals surface area contributed by atoms with Crippen LogP contribution in [0.1, 0.15) is 12.0 Å². The molecule has 0 saturated carbocycles. The summed E-state index contributed by atoms with van der Waals surface area (Å²) in [6.45, 7) is 0. The van der Waals surface area contributed by atoms with Crippen LogP contribution in [0.3, 0.4) is 0 Å². The second-order valence-electron chi connectivity index (χ2n) is 3.01. The van der Waals surface area contributed by atoms with Gasteiger partial charge in [-0.1, -0.05) is 6.07 Å². The summed E-state index contributed by atoms with van der Waals surface area (Å²) in [5.41, 5.74) is -1.33. The van der Waals surface area contributed by atoms with E-state index in [-0.39, 0.29) is 16.5 Å². The Morgan fingerprint density at radius 2 is 1.87 bits per heavy atom. The second-order valence-corrected chi connectivity index (χ2v) is 3.01. The highest BCUT2D eigenvalue weighted by molar-refractivity contribution is 5.77. The van der Waals surface area contributed by atoms with Crippen molar-refractivity contribution in [1.29, 1.82) is 0 Å². The molecular formula is C9H6F2N2O2. The van der Waals surface area contributed by atoms with Gasteiger partial charge in [0.1, 0.15) is 0 Å². The summed E-state index contributed by atoms with van der Waals surface area (Å²) >= 11 is 0. The summed E-state index contributed by atoms with van der Waals surface area (Å²) in [4.78, 5) is 26.4. The number of benzene rings is 1. The first-order valence-corrected chi connectivity index (χ1v) is 4.12. The van der Waals surface area contributed by atoms with E-state index in [1.807, 2.05) is 4.98 Å². The normalized spacial score (nSPS) is 11.1. The monoisotopic (exact) mass is 212 g/mol. The van der Waals surface area contributed by atoms with Crippen LogP contribution in [0, 0.1) is 0 Å². The molecular weight excluding hydrogens is 206 g/mol. The molecule has 1 aromatic heterocycles. The van der Waals surface area contributed by atoms with Crippen molar-refractivity contribution in [2.75, 3.05) is 0 Å². The number of alkyl halides is 2. The molecule has 0 amide bonds. The van der Waals surface area contributed by atoms with Crippen LogP contribution in [0.5, 0.6) is 0 Å². The van der Waals surface area contributed by atoms with Gasteiger partial charge in [0.15, 0.2) is 0 Å². The van der Waals surface area contributed by atoms with Crippen LogP contribution in [0.2, 0.25) is 0 Å². The van der Waals surface area contributed by atoms with Crippen LogP contribution in [-0.4, -0.2) is 9.97 Å². The van der Waals surface area contributed by atoms with Gasteiger partial charge in [-0.2, -0.15) is 0 Å². The summed E-state index contributed by atoms with van der Waals surface area (Å²) < 4.78 is 24.6. The van der Waals surface area contributed by atoms with Gasteiger partial charge in [0.05, 0.1) is 10.9 Å². The van der Waals surface area contributed by atoms with Gasteiger partial charge in [0.2, 0.25) is 0 Å². The molecule has 0 radical (unpaired) electrons. The molecule has 0 aliphatic carbocycles. The quantitative estimate of drug-likeness (QED) is 0.744. The van der Waals surface area contributed by atoms with Crippen molar-refractivity contribution in [3.63, 3.8) is 0 Å². The average molecular weight is 212 g/mol. The number of nitrogens with one attached hydrogen (secondary N) is 2. The summed E-state index contributed by atoms with van der Waals surface area (Å²) in [6, 6.07) is 3.52. The lowest BCUT2D eigenvalue weighted by Gasteiger charge is -2.00. The number of rotatable bonds is 1. The van der Waals surface area contributed by atoms with E-state index in [2.05, 4.69) is 4.98 Å². The highest BCUT2D eigenvalue weighted by atomic mass is 19.3. The minimum atomic E-state index is -2.64. The molecule has 1 heterocycles. The summed E-state index contributed by atoms with van der Waals surface area (Å²) in [5, 5.41) is 0.0485. The number of aromatic amines is 2. The Bertz CT molecular complexity index is 615. The average Bonchev–Trinajstić information content (AvgIpc) is 2.16. The molecule has 78 valence electrons. The molecule has 2 N–H and O–H groups in total. The SMILES string of the molecule is O=c1[nH]c(=O)c2cc(C(F)F)ccc2[nH]1. The van der Waals surface area contributed by atoms with Crippen molar-refractivity contribution in [2.45, 2.75) is 6.43 Å². The lowest BCUT2D eigenvalue weighted by molar-refractivity contribution is 0.151. The van der Waals surface area contributed by atoms with E-state index in [0.717, 1.165) is 6.07 Å². The molecule has 0 bridgehead atoms. The van der Waals surface area contributed by atoms with Gasteiger partial charge < -0.3 is 4.98 Å². The molecule has 1 aromatic carbocycles. The number of hydrogen-bond acceptors (Lipinski definition) is 2. The summed E-state index contributed by atoms with van der Waals surface area (Å²) in [7, 11) is 0. The predicted molar refractivity (Wildman–Crippen MR) is 50.1 cm³/mol. The third-order valence-corrected chi connectivity index (χ3v) is 2.02. The van der Waals surface area contributed by atoms with Gasteiger partial charge >= 0.3 is 5.69 Å². The van der Waals surface area contributed by atoms with Gasteiger partial charge in [0.25, 0.3) is 12.0 Å². The van der Waals surface area contributed by atoms with Gasteiger partial charge in [0, 0.05) is 5.56 Å². The first-order valence-electron chi connectivity index (χ1n) is 4.12. The maximum atomic E-state index is 12.3. The van der Waals surface area contributed by atoms with Crippen LogP contribution < -0.4 is 11.2 Å². The molecule has 0 aliphatic heterocycles. The van der Waals surface area contributed by atoms with Crippen LogP contribution >= 0.6 is 0 Å². The Hall–Kier alpha value is -1.98. The van der Waals surface area contributed by atoms with E-state index in [0.29, 0.717) is 0 Å². The van der Waals surface area contributed by atoms with Crippen LogP contribution in [-0.2, 0) is 0 Å². The zero-order chi connectivity index (χ0) is 11.0. The fraction of sp³-hybridized carbons (Fsp3) is 0.111. The molecule has 2 rings (SSSR count). The lowest BCUT2D eigenvalue weighted by Crippen LogP contribution is -2.21. The van der Waals surface area contributed by atoms with Gasteiger partial charge in [-0.3, -0.25) is 9.78 Å². The predicted octanol–water partition coefficient (Wildman–Crippen LogP) is 1.15. The Morgan fingerprint density at radius 1 is 1.13 bits per heavy atom. The van der Waals surface area contributed by atoms with Crippen molar-refractivity contribution in [3.05, 3.63) is 44.6 Å². The highest BCUT2D eigenvalue weighted by Crippen LogP contribution is 2.20. The van der Waals surface area contributed by atoms with Crippen molar-refractivity contribution in [2.24, 2.45) is 0 Å². The third kappa shape index (κ3) is 1.65. The van der Waals surface area contributed by atoms with E-state index >= 15 is 0 Å². The number of aromatic nitrogens is 2. The fourth-order valence-corrected chi connectivity index (χ4v) is 1.32. The maximum absolute atomic E-state index is 12.3. The highest BCUT2D eigenvalue weighted by Gasteiger charge is 2.09. The zero-order valence-corrected chi connectivity index (χ0v) is 7.38. The standard InChI is InChI=1S/C9H6F2N2O2/c10-7(11)4-1-2-6-5(3-4)8(14)13-9(15)12-6/h1-3,7H,(H2,12,13,14,15). The van der Waals surface area contributed by atoms with E-state index < -0.39 is 17.7 Å². The number of halogens is 2. The van der Waals surface area contributed by atoms with E-state index in [9.17, 15) is 18.4 Å². The van der Waals surface area contributed by atoms with E-state index in [1.54, 1.807) is 0 Å². The van der Waals surface area contributed by atoms with Crippen molar-refractivity contribution in [3.8, 4) is 0 Å². The van der Waals surface area contributed by atoms with Gasteiger partial charge in [-0.05, 0) is 12.1 Å². The molecule has 0 fully saturated rings. The minimum absolute atomic E-state index is 0.0485. The van der Waals surface area contributed by atoms with Crippen LogP contribution in [0.15, 0.2) is 27.8 Å². The molecule has 0 aliphatic rings. The first kappa shape index (κ1) is 9.57. The second kappa shape index (κ2) is 3.30. The largest absolute Gasteiger partial charge is 0.326 e. The van der Waals surface area contributed by atoms with Crippen molar-refractivity contribution in [1.82, 2.24) is 9.97 Å². The number of H-pyrrole nitrogens is 2.